The minimum absolute atomic E-state index is 0.381. The maximum atomic E-state index is 8.55. The lowest BCUT2D eigenvalue weighted by atomic mass is 10.2. The molecule has 80 valence electrons. The maximum Gasteiger partial charge on any atom is 0.0972 e. The number of aromatic nitrogens is 1. The Morgan fingerprint density at radius 2 is 2.31 bits per heavy atom. The van der Waals surface area contributed by atoms with Gasteiger partial charge >= 0.3 is 0 Å². The quantitative estimate of drug-likeness (QED) is 0.834. The summed E-state index contributed by atoms with van der Waals surface area (Å²) in [5, 5.41) is 12.2. The van der Waals surface area contributed by atoms with Crippen molar-refractivity contribution in [3.8, 4) is 6.07 Å². The Bertz CT molecular complexity index is 528. The van der Waals surface area contributed by atoms with Crippen LogP contribution in [0.25, 0.3) is 0 Å². The third-order valence-electron chi connectivity index (χ3n) is 2.10. The molecule has 2 rings (SSSR count). The molecule has 0 radical (unpaired) electrons. The molecule has 0 aliphatic heterocycles. The van der Waals surface area contributed by atoms with E-state index in [1.165, 1.54) is 0 Å². The average molecular weight is 249 g/mol. The Morgan fingerprint density at radius 3 is 3.06 bits per heavy atom. The van der Waals surface area contributed by atoms with Gasteiger partial charge in [0.15, 0.2) is 0 Å². The van der Waals surface area contributed by atoms with Crippen LogP contribution in [0, 0.1) is 11.3 Å². The van der Waals surface area contributed by atoms with Crippen LogP contribution in [-0.4, -0.2) is 4.98 Å². The SMILES string of the molecule is N#CCc1csc(Cc2cccc(Cl)c2)n1. The molecule has 0 atom stereocenters. The first-order chi connectivity index (χ1) is 7.78. The molecular formula is C12H9ClN2S. The van der Waals surface area contributed by atoms with Gasteiger partial charge in [0.2, 0.25) is 0 Å². The predicted molar refractivity (Wildman–Crippen MR) is 65.7 cm³/mol. The van der Waals surface area contributed by atoms with Crippen LogP contribution in [0.3, 0.4) is 0 Å². The lowest BCUT2D eigenvalue weighted by Crippen LogP contribution is -1.88. The molecule has 2 nitrogen and oxygen atoms in total. The number of thiazole rings is 1. The minimum Gasteiger partial charge on any atom is -0.245 e. The molecule has 0 amide bonds. The summed E-state index contributed by atoms with van der Waals surface area (Å²) in [7, 11) is 0. The Balaban J connectivity index is 2.12. The highest BCUT2D eigenvalue weighted by Gasteiger charge is 2.03. The Hall–Kier alpha value is -1.37. The van der Waals surface area contributed by atoms with Gasteiger partial charge in [-0.25, -0.2) is 4.98 Å². The molecule has 2 aromatic rings. The van der Waals surface area contributed by atoms with E-state index in [2.05, 4.69) is 11.1 Å². The van der Waals surface area contributed by atoms with E-state index in [0.29, 0.717) is 6.42 Å². The summed E-state index contributed by atoms with van der Waals surface area (Å²) in [5.74, 6) is 0. The number of halogens is 1. The van der Waals surface area contributed by atoms with E-state index in [4.69, 9.17) is 16.9 Å². The van der Waals surface area contributed by atoms with Crippen LogP contribution >= 0.6 is 22.9 Å². The minimum atomic E-state index is 0.381. The van der Waals surface area contributed by atoms with E-state index >= 15 is 0 Å². The standard InChI is InChI=1S/C12H9ClN2S/c13-10-3-1-2-9(6-10)7-12-15-11(4-5-14)8-16-12/h1-3,6,8H,4,7H2. The van der Waals surface area contributed by atoms with Crippen LogP contribution in [0.15, 0.2) is 29.6 Å². The van der Waals surface area contributed by atoms with Crippen molar-refractivity contribution < 1.29 is 0 Å². The smallest absolute Gasteiger partial charge is 0.0972 e. The van der Waals surface area contributed by atoms with Gasteiger partial charge in [-0.1, -0.05) is 23.7 Å². The van der Waals surface area contributed by atoms with Gasteiger partial charge in [-0.2, -0.15) is 5.26 Å². The molecule has 0 aliphatic carbocycles. The van der Waals surface area contributed by atoms with Crippen LogP contribution in [0.2, 0.25) is 5.02 Å². The monoisotopic (exact) mass is 248 g/mol. The second-order valence-electron chi connectivity index (χ2n) is 3.37. The Labute approximate surface area is 103 Å². The Morgan fingerprint density at radius 1 is 1.44 bits per heavy atom. The first kappa shape index (κ1) is 11.1. The zero-order chi connectivity index (χ0) is 11.4. The lowest BCUT2D eigenvalue weighted by molar-refractivity contribution is 1.07. The van der Waals surface area contributed by atoms with Crippen LogP contribution in [0.5, 0.6) is 0 Å². The molecule has 16 heavy (non-hydrogen) atoms. The molecule has 0 spiro atoms. The van der Waals surface area contributed by atoms with Crippen LogP contribution < -0.4 is 0 Å². The zero-order valence-electron chi connectivity index (χ0n) is 8.48. The summed E-state index contributed by atoms with van der Waals surface area (Å²) in [4.78, 5) is 4.38. The summed E-state index contributed by atoms with van der Waals surface area (Å²) in [5.41, 5.74) is 2.00. The molecule has 0 fully saturated rings. The normalized spacial score (nSPS) is 10.0. The third kappa shape index (κ3) is 2.82. The predicted octanol–water partition coefficient (Wildman–Crippen LogP) is 3.45. The van der Waals surface area contributed by atoms with Gasteiger partial charge in [-0.15, -0.1) is 11.3 Å². The molecule has 0 bridgehead atoms. The number of hydrogen-bond acceptors (Lipinski definition) is 3. The lowest BCUT2D eigenvalue weighted by Gasteiger charge is -1.98. The molecule has 0 aliphatic rings. The van der Waals surface area contributed by atoms with Crippen molar-refractivity contribution in [3.63, 3.8) is 0 Å². The third-order valence-corrected chi connectivity index (χ3v) is 3.24. The fourth-order valence-electron chi connectivity index (χ4n) is 1.41. The van der Waals surface area contributed by atoms with Gasteiger partial charge in [0.05, 0.1) is 23.2 Å². The van der Waals surface area contributed by atoms with Crippen LogP contribution in [0.4, 0.5) is 0 Å². The summed E-state index contributed by atoms with van der Waals surface area (Å²) in [6.45, 7) is 0. The highest BCUT2D eigenvalue weighted by molar-refractivity contribution is 7.09. The van der Waals surface area contributed by atoms with Crippen molar-refractivity contribution in [2.45, 2.75) is 12.8 Å². The maximum absolute atomic E-state index is 8.55. The van der Waals surface area contributed by atoms with Crippen molar-refractivity contribution in [2.24, 2.45) is 0 Å². The molecule has 1 heterocycles. The van der Waals surface area contributed by atoms with Crippen molar-refractivity contribution >= 4 is 22.9 Å². The van der Waals surface area contributed by atoms with E-state index < -0.39 is 0 Å². The number of benzene rings is 1. The van der Waals surface area contributed by atoms with Crippen molar-refractivity contribution in [1.82, 2.24) is 4.98 Å². The summed E-state index contributed by atoms with van der Waals surface area (Å²) < 4.78 is 0. The molecule has 0 saturated heterocycles. The van der Waals surface area contributed by atoms with Crippen LogP contribution in [-0.2, 0) is 12.8 Å². The van der Waals surface area contributed by atoms with Gasteiger partial charge in [-0.3, -0.25) is 0 Å². The number of hydrogen-bond donors (Lipinski definition) is 0. The van der Waals surface area contributed by atoms with Gasteiger partial charge < -0.3 is 0 Å². The molecule has 0 unspecified atom stereocenters. The largest absolute Gasteiger partial charge is 0.245 e. The fraction of sp³-hybridized carbons (Fsp3) is 0.167. The van der Waals surface area contributed by atoms with Gasteiger partial charge in [0, 0.05) is 16.8 Å². The van der Waals surface area contributed by atoms with Crippen LogP contribution in [0.1, 0.15) is 16.3 Å². The molecular weight excluding hydrogens is 240 g/mol. The first-order valence-corrected chi connectivity index (χ1v) is 6.08. The molecule has 1 aromatic carbocycles. The van der Waals surface area contributed by atoms with E-state index in [1.54, 1.807) is 11.3 Å². The molecule has 4 heteroatoms. The topological polar surface area (TPSA) is 36.7 Å². The van der Waals surface area contributed by atoms with E-state index in [0.717, 1.165) is 27.7 Å². The molecule has 1 aromatic heterocycles. The fourth-order valence-corrected chi connectivity index (χ4v) is 2.45. The van der Waals surface area contributed by atoms with Gasteiger partial charge in [-0.05, 0) is 17.7 Å². The van der Waals surface area contributed by atoms with E-state index in [9.17, 15) is 0 Å². The van der Waals surface area contributed by atoms with Gasteiger partial charge in [0.25, 0.3) is 0 Å². The second kappa shape index (κ2) is 5.11. The summed E-state index contributed by atoms with van der Waals surface area (Å²) in [6, 6.07) is 9.84. The first-order valence-electron chi connectivity index (χ1n) is 4.82. The Kier molecular flexibility index (Phi) is 3.55. The second-order valence-corrected chi connectivity index (χ2v) is 4.75. The highest BCUT2D eigenvalue weighted by Crippen LogP contribution is 2.17. The number of rotatable bonds is 3. The summed E-state index contributed by atoms with van der Waals surface area (Å²) >= 11 is 7.49. The molecule has 0 N–H and O–H groups in total. The van der Waals surface area contributed by atoms with Crippen molar-refractivity contribution in [2.75, 3.05) is 0 Å². The van der Waals surface area contributed by atoms with Crippen molar-refractivity contribution in [1.29, 1.82) is 5.26 Å². The van der Waals surface area contributed by atoms with Crippen molar-refractivity contribution in [3.05, 3.63) is 50.9 Å². The van der Waals surface area contributed by atoms with E-state index in [1.807, 2.05) is 29.6 Å². The molecule has 0 saturated carbocycles. The zero-order valence-corrected chi connectivity index (χ0v) is 10.1. The average Bonchev–Trinajstić information content (AvgIpc) is 2.66. The summed E-state index contributed by atoms with van der Waals surface area (Å²) in [6.07, 6.45) is 1.16. The van der Waals surface area contributed by atoms with E-state index in [-0.39, 0.29) is 0 Å². The number of nitriles is 1. The van der Waals surface area contributed by atoms with Gasteiger partial charge in [0.1, 0.15) is 0 Å². The highest BCUT2D eigenvalue weighted by atomic mass is 35.5. The number of nitrogens with zero attached hydrogens (tertiary/aromatic N) is 2.